The Balaban J connectivity index is 1.84. The second kappa shape index (κ2) is 6.10. The van der Waals surface area contributed by atoms with Gasteiger partial charge in [-0.1, -0.05) is 0 Å². The molecule has 2 nitrogen and oxygen atoms in total. The summed E-state index contributed by atoms with van der Waals surface area (Å²) in [6.07, 6.45) is 5.20. The first-order valence-corrected chi connectivity index (χ1v) is 9.92. The number of fused-ring (bicyclic) bond motifs is 3. The molecule has 3 aromatic rings. The predicted octanol–water partition coefficient (Wildman–Crippen LogP) is 5.66. The minimum atomic E-state index is 1.08. The average Bonchev–Trinajstić information content (AvgIpc) is 3.06. The van der Waals surface area contributed by atoms with Gasteiger partial charge >= 0.3 is 0 Å². The first-order valence-electron chi connectivity index (χ1n) is 7.71. The number of anilines is 2. The van der Waals surface area contributed by atoms with Crippen LogP contribution >= 0.6 is 23.5 Å². The molecule has 2 aromatic carbocycles. The smallest absolute Gasteiger partial charge is 0.0726 e. The summed E-state index contributed by atoms with van der Waals surface area (Å²) >= 11 is 3.72. The van der Waals surface area contributed by atoms with Crippen molar-refractivity contribution in [2.75, 3.05) is 17.3 Å². The number of rotatable bonds is 3. The molecule has 0 atom stereocenters. The van der Waals surface area contributed by atoms with Crippen LogP contribution in [0, 0.1) is 6.92 Å². The summed E-state index contributed by atoms with van der Waals surface area (Å²) < 4.78 is 0. The molecule has 0 unspecified atom stereocenters. The third kappa shape index (κ3) is 2.70. The molecular formula is C19H18N2S2. The van der Waals surface area contributed by atoms with Gasteiger partial charge in [-0.05, 0) is 67.1 Å². The highest BCUT2D eigenvalue weighted by molar-refractivity contribution is 7.99. The molecule has 4 heteroatoms. The molecule has 1 aromatic heterocycles. The molecule has 2 heterocycles. The maximum atomic E-state index is 4.64. The Morgan fingerprint density at radius 2 is 1.96 bits per heavy atom. The highest BCUT2D eigenvalue weighted by Gasteiger charge is 2.18. The van der Waals surface area contributed by atoms with Crippen LogP contribution in [-0.4, -0.2) is 17.0 Å². The molecule has 0 aliphatic carbocycles. The Morgan fingerprint density at radius 3 is 2.74 bits per heavy atom. The average molecular weight is 339 g/mol. The van der Waals surface area contributed by atoms with Gasteiger partial charge in [0.1, 0.15) is 0 Å². The Morgan fingerprint density at radius 1 is 1.13 bits per heavy atom. The van der Waals surface area contributed by atoms with Crippen LogP contribution in [0.2, 0.25) is 0 Å². The van der Waals surface area contributed by atoms with E-state index in [1.807, 2.05) is 18.0 Å². The quantitative estimate of drug-likeness (QED) is 0.623. The molecule has 0 fully saturated rings. The van der Waals surface area contributed by atoms with Crippen molar-refractivity contribution in [3.05, 3.63) is 53.7 Å². The van der Waals surface area contributed by atoms with E-state index in [0.29, 0.717) is 0 Å². The summed E-state index contributed by atoms with van der Waals surface area (Å²) in [6.45, 7) is 2.13. The monoisotopic (exact) mass is 338 g/mol. The summed E-state index contributed by atoms with van der Waals surface area (Å²) in [4.78, 5) is 7.32. The summed E-state index contributed by atoms with van der Waals surface area (Å²) in [5.74, 6) is 1.17. The van der Waals surface area contributed by atoms with Crippen LogP contribution in [0.5, 0.6) is 0 Å². The number of benzene rings is 2. The lowest BCUT2D eigenvalue weighted by Gasteiger charge is -2.15. The Kier molecular flexibility index (Phi) is 3.95. The number of nitrogens with zero attached hydrogens (tertiary/aromatic N) is 1. The zero-order chi connectivity index (χ0) is 15.8. The Hall–Kier alpha value is -1.65. The molecule has 0 spiro atoms. The van der Waals surface area contributed by atoms with Crippen LogP contribution in [0.1, 0.15) is 11.1 Å². The summed E-state index contributed by atoms with van der Waals surface area (Å²) in [6, 6.07) is 13.0. The Bertz CT molecular complexity index is 873. The number of nitrogens with one attached hydrogen (secondary N) is 1. The third-order valence-corrected chi connectivity index (χ3v) is 6.10. The number of hydrogen-bond donors (Lipinski definition) is 1. The molecule has 4 rings (SSSR count). The van der Waals surface area contributed by atoms with Crippen molar-refractivity contribution in [2.45, 2.75) is 23.1 Å². The molecule has 0 radical (unpaired) electrons. The molecule has 0 bridgehead atoms. The van der Waals surface area contributed by atoms with Gasteiger partial charge in [0.25, 0.3) is 0 Å². The SMILES string of the molecule is CSc1ccc(Nc2c(C)cnc3ccc4c(c23)CCS4)cc1. The van der Waals surface area contributed by atoms with Crippen LogP contribution in [0.3, 0.4) is 0 Å². The zero-order valence-electron chi connectivity index (χ0n) is 13.2. The lowest BCUT2D eigenvalue weighted by molar-refractivity contribution is 1.16. The van der Waals surface area contributed by atoms with Crippen molar-refractivity contribution in [2.24, 2.45) is 0 Å². The number of aromatic nitrogens is 1. The molecule has 0 saturated carbocycles. The fraction of sp³-hybridized carbons (Fsp3) is 0.211. The highest BCUT2D eigenvalue weighted by Crippen LogP contribution is 2.40. The van der Waals surface area contributed by atoms with Crippen molar-refractivity contribution >= 4 is 45.8 Å². The minimum Gasteiger partial charge on any atom is -0.355 e. The third-order valence-electron chi connectivity index (χ3n) is 4.26. The van der Waals surface area contributed by atoms with Gasteiger partial charge in [0, 0.05) is 32.8 Å². The molecular weight excluding hydrogens is 320 g/mol. The molecule has 0 saturated heterocycles. The lowest BCUT2D eigenvalue weighted by atomic mass is 10.0. The second-order valence-electron chi connectivity index (χ2n) is 5.70. The normalized spacial score (nSPS) is 13.3. The van der Waals surface area contributed by atoms with Crippen molar-refractivity contribution in [1.82, 2.24) is 4.98 Å². The molecule has 23 heavy (non-hydrogen) atoms. The zero-order valence-corrected chi connectivity index (χ0v) is 14.9. The summed E-state index contributed by atoms with van der Waals surface area (Å²) in [7, 11) is 0. The predicted molar refractivity (Wildman–Crippen MR) is 102 cm³/mol. The number of pyridine rings is 1. The lowest BCUT2D eigenvalue weighted by Crippen LogP contribution is -1.98. The largest absolute Gasteiger partial charge is 0.355 e. The van der Waals surface area contributed by atoms with Crippen LogP contribution in [0.15, 0.2) is 52.4 Å². The molecule has 1 aliphatic heterocycles. The van der Waals surface area contributed by atoms with Gasteiger partial charge in [-0.15, -0.1) is 23.5 Å². The van der Waals surface area contributed by atoms with Gasteiger partial charge < -0.3 is 5.32 Å². The van der Waals surface area contributed by atoms with Gasteiger partial charge in [0.15, 0.2) is 0 Å². The first kappa shape index (κ1) is 14.9. The maximum Gasteiger partial charge on any atom is 0.0726 e. The summed E-state index contributed by atoms with van der Waals surface area (Å²) in [5, 5.41) is 4.93. The van der Waals surface area contributed by atoms with Crippen molar-refractivity contribution < 1.29 is 0 Å². The molecule has 1 aliphatic rings. The van der Waals surface area contributed by atoms with Crippen molar-refractivity contribution in [1.29, 1.82) is 0 Å². The van der Waals surface area contributed by atoms with Crippen molar-refractivity contribution in [3.8, 4) is 0 Å². The molecule has 1 N–H and O–H groups in total. The van der Waals surface area contributed by atoms with E-state index >= 15 is 0 Å². The Labute approximate surface area is 145 Å². The molecule has 116 valence electrons. The van der Waals surface area contributed by atoms with E-state index in [2.05, 4.69) is 59.9 Å². The first-order chi connectivity index (χ1) is 11.3. The van der Waals surface area contributed by atoms with Gasteiger partial charge in [0.05, 0.1) is 11.2 Å². The highest BCUT2D eigenvalue weighted by atomic mass is 32.2. The van der Waals surface area contributed by atoms with Gasteiger partial charge in [0.2, 0.25) is 0 Å². The van der Waals surface area contributed by atoms with Gasteiger partial charge in [-0.25, -0.2) is 0 Å². The van der Waals surface area contributed by atoms with Crippen LogP contribution < -0.4 is 5.32 Å². The standard InChI is InChI=1S/C19H18N2S2/c1-12-11-20-16-7-8-17-15(9-10-23-17)18(16)19(12)21-13-3-5-14(22-2)6-4-13/h3-8,11H,9-10H2,1-2H3,(H,20,21). The minimum absolute atomic E-state index is 1.08. The summed E-state index contributed by atoms with van der Waals surface area (Å²) in [5.41, 5.74) is 6.05. The van der Waals surface area contributed by atoms with E-state index < -0.39 is 0 Å². The van der Waals surface area contributed by atoms with Crippen LogP contribution in [0.4, 0.5) is 11.4 Å². The van der Waals surface area contributed by atoms with Crippen LogP contribution in [-0.2, 0) is 6.42 Å². The second-order valence-corrected chi connectivity index (χ2v) is 7.72. The van der Waals surface area contributed by atoms with E-state index in [1.54, 1.807) is 11.8 Å². The van der Waals surface area contributed by atoms with Crippen molar-refractivity contribution in [3.63, 3.8) is 0 Å². The van der Waals surface area contributed by atoms with Crippen LogP contribution in [0.25, 0.3) is 10.9 Å². The van der Waals surface area contributed by atoms with E-state index in [4.69, 9.17) is 0 Å². The van der Waals surface area contributed by atoms with E-state index in [1.165, 1.54) is 37.7 Å². The number of thioether (sulfide) groups is 2. The fourth-order valence-corrected chi connectivity index (χ4v) is 4.53. The van der Waals surface area contributed by atoms with E-state index in [9.17, 15) is 0 Å². The fourth-order valence-electron chi connectivity index (χ4n) is 3.06. The molecule has 0 amide bonds. The van der Waals surface area contributed by atoms with Gasteiger partial charge in [-0.3, -0.25) is 4.98 Å². The van der Waals surface area contributed by atoms with E-state index in [-0.39, 0.29) is 0 Å². The van der Waals surface area contributed by atoms with Gasteiger partial charge in [-0.2, -0.15) is 0 Å². The number of aryl methyl sites for hydroxylation is 2. The topological polar surface area (TPSA) is 24.9 Å². The maximum absolute atomic E-state index is 4.64. The number of hydrogen-bond acceptors (Lipinski definition) is 4. The van der Waals surface area contributed by atoms with E-state index in [0.717, 1.165) is 17.6 Å².